The van der Waals surface area contributed by atoms with E-state index in [1.165, 1.54) is 21.6 Å². The standard InChI is InChI=1S/C16H20N2O4S2.K.H/c1-9-15(21)13(5-19)11(3-17-9)7-23-24-8-12-4-18-10(2)16(22)14(12)6-20;;/h3-4,19-22H,5-8H2,1-2H3;;/q;+1;-1. The van der Waals surface area contributed by atoms with E-state index in [-0.39, 0.29) is 77.5 Å². The third kappa shape index (κ3) is 5.82. The summed E-state index contributed by atoms with van der Waals surface area (Å²) < 4.78 is 0. The van der Waals surface area contributed by atoms with E-state index in [0.29, 0.717) is 34.0 Å². The van der Waals surface area contributed by atoms with Gasteiger partial charge in [-0.15, -0.1) is 0 Å². The van der Waals surface area contributed by atoms with Crippen molar-refractivity contribution in [2.24, 2.45) is 0 Å². The zero-order valence-corrected chi connectivity index (χ0v) is 19.2. The first-order chi connectivity index (χ1) is 11.5. The van der Waals surface area contributed by atoms with Crippen LogP contribution in [-0.2, 0) is 24.7 Å². The first-order valence-corrected chi connectivity index (χ1v) is 9.77. The van der Waals surface area contributed by atoms with Crippen LogP contribution in [0.3, 0.4) is 0 Å². The molecule has 2 rings (SSSR count). The van der Waals surface area contributed by atoms with E-state index in [1.54, 1.807) is 26.2 Å². The van der Waals surface area contributed by atoms with Gasteiger partial charge in [0.05, 0.1) is 24.6 Å². The molecule has 2 aromatic heterocycles. The second kappa shape index (κ2) is 11.1. The maximum absolute atomic E-state index is 9.94. The quantitative estimate of drug-likeness (QED) is 0.281. The van der Waals surface area contributed by atoms with E-state index in [0.717, 1.165) is 11.1 Å². The topological polar surface area (TPSA) is 107 Å². The fourth-order valence-corrected chi connectivity index (χ4v) is 4.36. The Kier molecular flexibility index (Phi) is 10.3. The van der Waals surface area contributed by atoms with Crippen LogP contribution in [0.25, 0.3) is 0 Å². The molecule has 0 aliphatic heterocycles. The molecular formula is C16H21KN2O4S2. The van der Waals surface area contributed by atoms with Gasteiger partial charge in [0.2, 0.25) is 0 Å². The molecule has 0 unspecified atom stereocenters. The number of pyridine rings is 2. The van der Waals surface area contributed by atoms with Gasteiger partial charge in [-0.3, -0.25) is 9.97 Å². The summed E-state index contributed by atoms with van der Waals surface area (Å²) in [6, 6.07) is 0. The van der Waals surface area contributed by atoms with Crippen LogP contribution in [0.15, 0.2) is 12.4 Å². The Hall–Kier alpha value is 0.156. The number of aryl methyl sites for hydroxylation is 2. The van der Waals surface area contributed by atoms with E-state index < -0.39 is 0 Å². The van der Waals surface area contributed by atoms with Crippen LogP contribution >= 0.6 is 21.6 Å². The van der Waals surface area contributed by atoms with Crippen LogP contribution in [0.5, 0.6) is 11.5 Å². The molecule has 0 bridgehead atoms. The number of hydrogen-bond acceptors (Lipinski definition) is 8. The second-order valence-corrected chi connectivity index (χ2v) is 7.70. The average molecular weight is 409 g/mol. The number of aliphatic hydroxyl groups excluding tert-OH is 2. The van der Waals surface area contributed by atoms with Crippen LogP contribution in [0.4, 0.5) is 0 Å². The van der Waals surface area contributed by atoms with Gasteiger partial charge in [-0.05, 0) is 25.0 Å². The smallest absolute Gasteiger partial charge is 1.00 e. The van der Waals surface area contributed by atoms with Crippen molar-refractivity contribution < 1.29 is 73.2 Å². The van der Waals surface area contributed by atoms with Crippen molar-refractivity contribution in [1.29, 1.82) is 0 Å². The number of aromatic hydroxyl groups is 2. The van der Waals surface area contributed by atoms with Crippen LogP contribution < -0.4 is 51.4 Å². The molecule has 0 aliphatic rings. The van der Waals surface area contributed by atoms with Gasteiger partial charge in [0.25, 0.3) is 0 Å². The predicted octanol–water partition coefficient (Wildman–Crippen LogP) is -0.313. The second-order valence-electron chi connectivity index (χ2n) is 5.23. The van der Waals surface area contributed by atoms with E-state index in [4.69, 9.17) is 0 Å². The third-order valence-corrected chi connectivity index (χ3v) is 5.92. The van der Waals surface area contributed by atoms with Gasteiger partial charge < -0.3 is 21.9 Å². The monoisotopic (exact) mass is 408 g/mol. The molecular weight excluding hydrogens is 387 g/mol. The van der Waals surface area contributed by atoms with Crippen molar-refractivity contribution in [3.63, 3.8) is 0 Å². The number of aromatic nitrogens is 2. The van der Waals surface area contributed by atoms with Crippen molar-refractivity contribution in [3.8, 4) is 11.5 Å². The normalized spacial score (nSPS) is 10.6. The Bertz CT molecular complexity index is 676. The van der Waals surface area contributed by atoms with E-state index in [9.17, 15) is 20.4 Å². The summed E-state index contributed by atoms with van der Waals surface area (Å²) in [6.07, 6.45) is 3.32. The molecule has 0 aliphatic carbocycles. The van der Waals surface area contributed by atoms with Crippen LogP contribution in [-0.4, -0.2) is 30.4 Å². The molecule has 0 aromatic carbocycles. The molecule has 6 nitrogen and oxygen atoms in total. The van der Waals surface area contributed by atoms with Gasteiger partial charge in [-0.1, -0.05) is 21.6 Å². The van der Waals surface area contributed by atoms with Crippen molar-refractivity contribution >= 4 is 21.6 Å². The van der Waals surface area contributed by atoms with Gasteiger partial charge in [0, 0.05) is 35.0 Å². The van der Waals surface area contributed by atoms with Gasteiger partial charge in [-0.2, -0.15) is 0 Å². The van der Waals surface area contributed by atoms with Crippen molar-refractivity contribution in [2.45, 2.75) is 38.6 Å². The van der Waals surface area contributed by atoms with Crippen LogP contribution in [0.2, 0.25) is 0 Å². The molecule has 9 heteroatoms. The number of rotatable bonds is 7. The summed E-state index contributed by atoms with van der Waals surface area (Å²) in [6.45, 7) is 2.90. The van der Waals surface area contributed by atoms with E-state index >= 15 is 0 Å². The van der Waals surface area contributed by atoms with E-state index in [2.05, 4.69) is 9.97 Å². The average Bonchev–Trinajstić information content (AvgIpc) is 2.58. The van der Waals surface area contributed by atoms with Gasteiger partial charge >= 0.3 is 51.4 Å². The molecule has 0 fully saturated rings. The maximum Gasteiger partial charge on any atom is 1.00 e. The molecule has 0 atom stereocenters. The number of nitrogens with zero attached hydrogens (tertiary/aromatic N) is 2. The first-order valence-electron chi connectivity index (χ1n) is 7.28. The molecule has 2 heterocycles. The zero-order valence-electron chi connectivity index (χ0n) is 15.5. The molecule has 0 saturated carbocycles. The molecule has 25 heavy (non-hydrogen) atoms. The number of hydrogen-bond donors (Lipinski definition) is 4. The zero-order chi connectivity index (χ0) is 17.7. The number of aliphatic hydroxyl groups is 2. The van der Waals surface area contributed by atoms with Crippen molar-refractivity contribution in [2.75, 3.05) is 0 Å². The molecule has 4 N–H and O–H groups in total. The minimum atomic E-state index is -0.236. The Morgan fingerprint density at radius 1 is 0.840 bits per heavy atom. The summed E-state index contributed by atoms with van der Waals surface area (Å²) in [5.74, 6) is 1.22. The summed E-state index contributed by atoms with van der Waals surface area (Å²) in [4.78, 5) is 8.23. The molecule has 132 valence electrons. The Labute approximate surface area is 198 Å². The fraction of sp³-hybridized carbons (Fsp3) is 0.375. The maximum atomic E-state index is 9.94. The minimum Gasteiger partial charge on any atom is -1.00 e. The summed E-state index contributed by atoms with van der Waals surface area (Å²) in [5, 5.41) is 38.7. The summed E-state index contributed by atoms with van der Waals surface area (Å²) in [5.41, 5.74) is 3.56. The summed E-state index contributed by atoms with van der Waals surface area (Å²) in [7, 11) is 3.08. The Morgan fingerprint density at radius 3 is 1.52 bits per heavy atom. The minimum absolute atomic E-state index is 0. The molecule has 2 aromatic rings. The van der Waals surface area contributed by atoms with Gasteiger partial charge in [0.15, 0.2) is 0 Å². The Morgan fingerprint density at radius 2 is 1.20 bits per heavy atom. The van der Waals surface area contributed by atoms with Crippen LogP contribution in [0, 0.1) is 13.8 Å². The predicted molar refractivity (Wildman–Crippen MR) is 96.8 cm³/mol. The van der Waals surface area contributed by atoms with Gasteiger partial charge in [-0.25, -0.2) is 0 Å². The fourth-order valence-electron chi connectivity index (χ4n) is 2.18. The largest absolute Gasteiger partial charge is 1.00 e. The van der Waals surface area contributed by atoms with Crippen LogP contribution in [0.1, 0.15) is 35.1 Å². The summed E-state index contributed by atoms with van der Waals surface area (Å²) >= 11 is 0. The van der Waals surface area contributed by atoms with Crippen molar-refractivity contribution in [3.05, 3.63) is 46.0 Å². The van der Waals surface area contributed by atoms with E-state index in [1.807, 2.05) is 0 Å². The molecule has 0 amide bonds. The molecule has 0 radical (unpaired) electrons. The first kappa shape index (κ1) is 23.2. The third-order valence-electron chi connectivity index (χ3n) is 3.69. The molecule has 0 spiro atoms. The SMILES string of the molecule is Cc1ncc(CSSCc2cnc(C)c(O)c2CO)c(CO)c1O.[H-].[K+]. The Balaban J connectivity index is 0.00000312. The van der Waals surface area contributed by atoms with Gasteiger partial charge in [0.1, 0.15) is 11.5 Å². The van der Waals surface area contributed by atoms with Crippen molar-refractivity contribution in [1.82, 2.24) is 9.97 Å². The molecule has 0 saturated heterocycles.